The van der Waals surface area contributed by atoms with Crippen LogP contribution in [0.15, 0.2) is 36.5 Å². The normalized spacial score (nSPS) is 10.3. The lowest BCUT2D eigenvalue weighted by Gasteiger charge is -2.04. The second-order valence-corrected chi connectivity index (χ2v) is 4.48. The third-order valence-electron chi connectivity index (χ3n) is 2.33. The SMILES string of the molecule is Cc1cc(C(=O)c2ccc(Cl)cc2Cl)ccn1. The summed E-state index contributed by atoms with van der Waals surface area (Å²) in [5, 5.41) is 0.870. The Labute approximate surface area is 109 Å². The fraction of sp³-hybridized carbons (Fsp3) is 0.0769. The fourth-order valence-electron chi connectivity index (χ4n) is 1.52. The molecule has 17 heavy (non-hydrogen) atoms. The van der Waals surface area contributed by atoms with Gasteiger partial charge in [0.2, 0.25) is 0 Å². The second kappa shape index (κ2) is 4.86. The number of carbonyl (C=O) groups is 1. The van der Waals surface area contributed by atoms with Crippen LogP contribution in [0.1, 0.15) is 21.6 Å². The van der Waals surface area contributed by atoms with Gasteiger partial charge in [0.15, 0.2) is 5.78 Å². The molecule has 0 atom stereocenters. The van der Waals surface area contributed by atoms with Gasteiger partial charge in [0.1, 0.15) is 0 Å². The number of halogens is 2. The van der Waals surface area contributed by atoms with E-state index >= 15 is 0 Å². The summed E-state index contributed by atoms with van der Waals surface area (Å²) in [7, 11) is 0. The molecule has 1 aromatic carbocycles. The highest BCUT2D eigenvalue weighted by atomic mass is 35.5. The molecule has 0 aliphatic carbocycles. The maximum atomic E-state index is 12.2. The van der Waals surface area contributed by atoms with Gasteiger partial charge in [-0.1, -0.05) is 23.2 Å². The van der Waals surface area contributed by atoms with Gasteiger partial charge in [-0.3, -0.25) is 9.78 Å². The zero-order chi connectivity index (χ0) is 12.4. The highest BCUT2D eigenvalue weighted by Crippen LogP contribution is 2.23. The largest absolute Gasteiger partial charge is 0.289 e. The summed E-state index contributed by atoms with van der Waals surface area (Å²) in [6, 6.07) is 8.23. The summed E-state index contributed by atoms with van der Waals surface area (Å²) in [6.45, 7) is 1.83. The van der Waals surface area contributed by atoms with Crippen LogP contribution >= 0.6 is 23.2 Å². The van der Waals surface area contributed by atoms with E-state index in [1.807, 2.05) is 6.92 Å². The van der Waals surface area contributed by atoms with Crippen molar-refractivity contribution in [3.8, 4) is 0 Å². The molecule has 0 aliphatic heterocycles. The first-order valence-corrected chi connectivity index (χ1v) is 5.76. The molecule has 0 bridgehead atoms. The van der Waals surface area contributed by atoms with Gasteiger partial charge < -0.3 is 0 Å². The smallest absolute Gasteiger partial charge is 0.194 e. The Balaban J connectivity index is 2.44. The third kappa shape index (κ3) is 2.65. The van der Waals surface area contributed by atoms with Gasteiger partial charge >= 0.3 is 0 Å². The summed E-state index contributed by atoms with van der Waals surface area (Å²) in [6.07, 6.45) is 1.60. The van der Waals surface area contributed by atoms with Crippen LogP contribution in [0.5, 0.6) is 0 Å². The van der Waals surface area contributed by atoms with Crippen molar-refractivity contribution < 1.29 is 4.79 Å². The molecule has 1 heterocycles. The minimum atomic E-state index is -0.128. The van der Waals surface area contributed by atoms with Gasteiger partial charge in [0.05, 0.1) is 5.02 Å². The minimum absolute atomic E-state index is 0.128. The monoisotopic (exact) mass is 265 g/mol. The molecule has 2 rings (SSSR count). The summed E-state index contributed by atoms with van der Waals surface area (Å²) in [4.78, 5) is 16.2. The third-order valence-corrected chi connectivity index (χ3v) is 2.88. The molecular formula is C13H9Cl2NO. The average molecular weight is 266 g/mol. The summed E-state index contributed by atoms with van der Waals surface area (Å²) >= 11 is 11.8. The molecule has 0 spiro atoms. The molecule has 0 saturated heterocycles. The predicted molar refractivity (Wildman–Crippen MR) is 68.9 cm³/mol. The van der Waals surface area contributed by atoms with Gasteiger partial charge in [0, 0.05) is 28.0 Å². The zero-order valence-electron chi connectivity index (χ0n) is 9.08. The molecule has 1 aromatic heterocycles. The van der Waals surface area contributed by atoms with Gasteiger partial charge in [-0.2, -0.15) is 0 Å². The fourth-order valence-corrected chi connectivity index (χ4v) is 2.01. The van der Waals surface area contributed by atoms with Crippen molar-refractivity contribution in [3.63, 3.8) is 0 Å². The first kappa shape index (κ1) is 12.1. The van der Waals surface area contributed by atoms with Crippen LogP contribution in [0.3, 0.4) is 0 Å². The Kier molecular flexibility index (Phi) is 3.46. The number of benzene rings is 1. The summed E-state index contributed by atoms with van der Waals surface area (Å²) < 4.78 is 0. The van der Waals surface area contributed by atoms with Gasteiger partial charge in [0.25, 0.3) is 0 Å². The van der Waals surface area contributed by atoms with Crippen LogP contribution in [0, 0.1) is 6.92 Å². The van der Waals surface area contributed by atoms with E-state index in [1.165, 1.54) is 0 Å². The molecule has 4 heteroatoms. The lowest BCUT2D eigenvalue weighted by atomic mass is 10.0. The van der Waals surface area contributed by atoms with E-state index in [4.69, 9.17) is 23.2 Å². The number of nitrogens with zero attached hydrogens (tertiary/aromatic N) is 1. The first-order valence-electron chi connectivity index (χ1n) is 5.00. The van der Waals surface area contributed by atoms with E-state index in [-0.39, 0.29) is 5.78 Å². The number of aromatic nitrogens is 1. The number of ketones is 1. The minimum Gasteiger partial charge on any atom is -0.289 e. The highest BCUT2D eigenvalue weighted by molar-refractivity contribution is 6.37. The van der Waals surface area contributed by atoms with Crippen LogP contribution in [-0.2, 0) is 0 Å². The van der Waals surface area contributed by atoms with E-state index in [0.717, 1.165) is 5.69 Å². The number of hydrogen-bond donors (Lipinski definition) is 0. The van der Waals surface area contributed by atoms with Crippen molar-refractivity contribution in [2.45, 2.75) is 6.92 Å². The molecule has 0 fully saturated rings. The number of rotatable bonds is 2. The molecule has 0 saturated carbocycles. The van der Waals surface area contributed by atoms with E-state index in [0.29, 0.717) is 21.2 Å². The zero-order valence-corrected chi connectivity index (χ0v) is 10.6. The lowest BCUT2D eigenvalue weighted by molar-refractivity contribution is 0.103. The maximum Gasteiger partial charge on any atom is 0.194 e. The van der Waals surface area contributed by atoms with Crippen LogP contribution < -0.4 is 0 Å². The van der Waals surface area contributed by atoms with Gasteiger partial charge in [-0.25, -0.2) is 0 Å². The highest BCUT2D eigenvalue weighted by Gasteiger charge is 2.13. The summed E-state index contributed by atoms with van der Waals surface area (Å²) in [5.41, 5.74) is 1.81. The molecule has 2 aromatic rings. The number of pyridine rings is 1. The predicted octanol–water partition coefficient (Wildman–Crippen LogP) is 3.93. The van der Waals surface area contributed by atoms with Crippen molar-refractivity contribution in [2.75, 3.05) is 0 Å². The van der Waals surface area contributed by atoms with Crippen LogP contribution in [0.4, 0.5) is 0 Å². The van der Waals surface area contributed by atoms with E-state index < -0.39 is 0 Å². The quantitative estimate of drug-likeness (QED) is 0.771. The van der Waals surface area contributed by atoms with E-state index in [1.54, 1.807) is 36.5 Å². The molecule has 2 nitrogen and oxygen atoms in total. The second-order valence-electron chi connectivity index (χ2n) is 3.64. The van der Waals surface area contributed by atoms with Crippen molar-refractivity contribution in [3.05, 3.63) is 63.4 Å². The maximum absolute atomic E-state index is 12.2. The van der Waals surface area contributed by atoms with Gasteiger partial charge in [-0.05, 0) is 37.3 Å². The van der Waals surface area contributed by atoms with E-state index in [2.05, 4.69) is 4.98 Å². The van der Waals surface area contributed by atoms with E-state index in [9.17, 15) is 4.79 Å². The molecule has 0 N–H and O–H groups in total. The number of hydrogen-bond acceptors (Lipinski definition) is 2. The van der Waals surface area contributed by atoms with Crippen LogP contribution in [0.2, 0.25) is 10.0 Å². The van der Waals surface area contributed by atoms with Crippen molar-refractivity contribution >= 4 is 29.0 Å². The Morgan fingerprint density at radius 2 is 1.94 bits per heavy atom. The number of carbonyl (C=O) groups excluding carboxylic acids is 1. The van der Waals surface area contributed by atoms with Crippen molar-refractivity contribution in [1.29, 1.82) is 0 Å². The van der Waals surface area contributed by atoms with Gasteiger partial charge in [-0.15, -0.1) is 0 Å². The standard InChI is InChI=1S/C13H9Cl2NO/c1-8-6-9(4-5-16-8)13(17)11-3-2-10(14)7-12(11)15/h2-7H,1H3. The van der Waals surface area contributed by atoms with Crippen molar-refractivity contribution in [2.24, 2.45) is 0 Å². The topological polar surface area (TPSA) is 30.0 Å². The molecule has 0 radical (unpaired) electrons. The first-order chi connectivity index (χ1) is 8.08. The Hall–Kier alpha value is -1.38. The Morgan fingerprint density at radius 1 is 1.18 bits per heavy atom. The van der Waals surface area contributed by atoms with Crippen molar-refractivity contribution in [1.82, 2.24) is 4.98 Å². The molecular weight excluding hydrogens is 257 g/mol. The molecule has 0 amide bonds. The Morgan fingerprint density at radius 3 is 2.59 bits per heavy atom. The molecule has 0 aliphatic rings. The van der Waals surface area contributed by atoms with Crippen LogP contribution in [0.25, 0.3) is 0 Å². The lowest BCUT2D eigenvalue weighted by Crippen LogP contribution is -2.02. The number of aryl methyl sites for hydroxylation is 1. The molecule has 0 unspecified atom stereocenters. The average Bonchev–Trinajstić information content (AvgIpc) is 2.28. The Bertz CT molecular complexity index is 581. The summed E-state index contributed by atoms with van der Waals surface area (Å²) in [5.74, 6) is -0.128. The van der Waals surface area contributed by atoms with Crippen LogP contribution in [-0.4, -0.2) is 10.8 Å². The molecule has 86 valence electrons.